The van der Waals surface area contributed by atoms with Gasteiger partial charge < -0.3 is 10.4 Å². The Kier molecular flexibility index (Phi) is 6.17. The summed E-state index contributed by atoms with van der Waals surface area (Å²) in [5.41, 5.74) is 0.499. The quantitative estimate of drug-likeness (QED) is 0.510. The fourth-order valence-electron chi connectivity index (χ4n) is 3.22. The van der Waals surface area contributed by atoms with E-state index in [2.05, 4.69) is 15.4 Å². The number of hydrogen-bond acceptors (Lipinski definition) is 5. The second-order valence-corrected chi connectivity index (χ2v) is 8.47. The molecule has 2 aromatic carbocycles. The van der Waals surface area contributed by atoms with E-state index in [0.717, 1.165) is 17.8 Å². The molecule has 0 spiro atoms. The summed E-state index contributed by atoms with van der Waals surface area (Å²) in [7, 11) is 0. The number of carboxylic acids is 1. The van der Waals surface area contributed by atoms with Crippen LogP contribution in [0.5, 0.6) is 0 Å². The lowest BCUT2D eigenvalue weighted by atomic mass is 10.1. The molecule has 170 valence electrons. The van der Waals surface area contributed by atoms with Crippen molar-refractivity contribution in [2.75, 3.05) is 6.54 Å². The Labute approximate surface area is 193 Å². The van der Waals surface area contributed by atoms with Crippen molar-refractivity contribution >= 4 is 57.4 Å². The van der Waals surface area contributed by atoms with Crippen LogP contribution >= 0.6 is 23.4 Å². The maximum Gasteiger partial charge on any atom is 0.416 e. The lowest BCUT2D eigenvalue weighted by Crippen LogP contribution is -2.26. The summed E-state index contributed by atoms with van der Waals surface area (Å²) in [5, 5.41) is 16.3. The highest BCUT2D eigenvalue weighted by atomic mass is 35.5. The molecule has 1 aliphatic rings. The van der Waals surface area contributed by atoms with Crippen molar-refractivity contribution in [1.29, 1.82) is 0 Å². The highest BCUT2D eigenvalue weighted by molar-refractivity contribution is 8.18. The molecule has 0 aliphatic carbocycles. The third-order valence-electron chi connectivity index (χ3n) is 4.67. The van der Waals surface area contributed by atoms with Crippen LogP contribution in [0.1, 0.15) is 16.7 Å². The molecule has 0 bridgehead atoms. The van der Waals surface area contributed by atoms with E-state index >= 15 is 0 Å². The maximum atomic E-state index is 13.4. The standard InChI is InChI=1S/C21H14ClF3N4O3S/c22-14-3-2-12(15(7-14)21(23,24)25)10-29-16-4-1-11(5-13(16)8-27-29)6-17-19(32)28-20(33-17)26-9-18(30)31/h1-8H,9-10H2,(H,30,31)(H,26,28,32). The lowest BCUT2D eigenvalue weighted by molar-refractivity contribution is -0.138. The van der Waals surface area contributed by atoms with Gasteiger partial charge in [0.15, 0.2) is 5.17 Å². The molecule has 2 heterocycles. The smallest absolute Gasteiger partial charge is 0.416 e. The summed E-state index contributed by atoms with van der Waals surface area (Å²) in [5.74, 6) is -1.57. The number of carbonyl (C=O) groups is 2. The van der Waals surface area contributed by atoms with Gasteiger partial charge in [-0.2, -0.15) is 23.3 Å². The van der Waals surface area contributed by atoms with E-state index in [0.29, 0.717) is 21.4 Å². The SMILES string of the molecule is O=C(O)CNC1=NC(=O)C(=Cc2ccc3c(cnn3Cc3ccc(Cl)cc3C(F)(F)F)c2)S1. The number of hydrogen-bond donors (Lipinski definition) is 2. The van der Waals surface area contributed by atoms with Gasteiger partial charge in [0.05, 0.1) is 28.7 Å². The summed E-state index contributed by atoms with van der Waals surface area (Å²) in [6.45, 7) is -0.460. The number of amidine groups is 1. The molecule has 1 amide bonds. The minimum absolute atomic E-state index is 0.00120. The van der Waals surface area contributed by atoms with E-state index in [1.807, 2.05) is 0 Å². The summed E-state index contributed by atoms with van der Waals surface area (Å²) >= 11 is 6.77. The van der Waals surface area contributed by atoms with Crippen molar-refractivity contribution < 1.29 is 27.9 Å². The van der Waals surface area contributed by atoms with Crippen molar-refractivity contribution in [1.82, 2.24) is 15.1 Å². The molecule has 1 aliphatic heterocycles. The normalized spacial score (nSPS) is 15.3. The molecule has 3 aromatic rings. The molecule has 0 fully saturated rings. The molecular formula is C21H14ClF3N4O3S. The van der Waals surface area contributed by atoms with Crippen LogP contribution in [0, 0.1) is 0 Å². The number of rotatable bonds is 5. The number of amides is 1. The number of benzene rings is 2. The molecule has 33 heavy (non-hydrogen) atoms. The second-order valence-electron chi connectivity index (χ2n) is 7.00. The predicted octanol–water partition coefficient (Wildman–Crippen LogP) is 4.40. The van der Waals surface area contributed by atoms with Crippen molar-refractivity contribution in [3.05, 3.63) is 69.2 Å². The van der Waals surface area contributed by atoms with Gasteiger partial charge in [-0.05, 0) is 53.2 Å². The largest absolute Gasteiger partial charge is 0.480 e. The molecule has 12 heteroatoms. The molecule has 0 saturated carbocycles. The van der Waals surface area contributed by atoms with E-state index in [1.54, 1.807) is 24.3 Å². The minimum Gasteiger partial charge on any atom is -0.480 e. The molecule has 0 atom stereocenters. The van der Waals surface area contributed by atoms with E-state index in [4.69, 9.17) is 16.7 Å². The topological polar surface area (TPSA) is 96.6 Å². The van der Waals surface area contributed by atoms with Crippen molar-refractivity contribution in [2.24, 2.45) is 4.99 Å². The van der Waals surface area contributed by atoms with Gasteiger partial charge in [0, 0.05) is 10.4 Å². The first-order valence-electron chi connectivity index (χ1n) is 9.39. The van der Waals surface area contributed by atoms with Crippen LogP contribution in [0.25, 0.3) is 17.0 Å². The van der Waals surface area contributed by atoms with Gasteiger partial charge in [0.2, 0.25) is 0 Å². The molecule has 4 rings (SSSR count). The molecule has 0 saturated heterocycles. The van der Waals surface area contributed by atoms with Crippen LogP contribution in [0.2, 0.25) is 5.02 Å². The van der Waals surface area contributed by atoms with E-state index in [-0.39, 0.29) is 28.8 Å². The fraction of sp³-hybridized carbons (Fsp3) is 0.143. The Morgan fingerprint density at radius 2 is 2.03 bits per heavy atom. The van der Waals surface area contributed by atoms with Gasteiger partial charge in [0.25, 0.3) is 5.91 Å². The first kappa shape index (κ1) is 22.9. The van der Waals surface area contributed by atoms with E-state index < -0.39 is 23.6 Å². The summed E-state index contributed by atoms with van der Waals surface area (Å²) in [4.78, 5) is 26.8. The van der Waals surface area contributed by atoms with Gasteiger partial charge in [-0.3, -0.25) is 14.3 Å². The number of carbonyl (C=O) groups excluding carboxylic acids is 1. The monoisotopic (exact) mass is 494 g/mol. The Bertz CT molecular complexity index is 1330. The number of nitrogens with one attached hydrogen (secondary N) is 1. The summed E-state index contributed by atoms with van der Waals surface area (Å²) < 4.78 is 41.6. The molecule has 1 aromatic heterocycles. The van der Waals surface area contributed by atoms with Crippen LogP contribution in [-0.4, -0.2) is 38.5 Å². The summed E-state index contributed by atoms with van der Waals surface area (Å²) in [6, 6.07) is 8.78. The number of carboxylic acid groups (broad SMARTS) is 1. The number of aromatic nitrogens is 2. The predicted molar refractivity (Wildman–Crippen MR) is 119 cm³/mol. The lowest BCUT2D eigenvalue weighted by Gasteiger charge is -2.14. The number of alkyl halides is 3. The van der Waals surface area contributed by atoms with Gasteiger partial charge in [0.1, 0.15) is 6.54 Å². The van der Waals surface area contributed by atoms with Crippen molar-refractivity contribution in [3.8, 4) is 0 Å². The third kappa shape index (κ3) is 5.20. The zero-order chi connectivity index (χ0) is 23.8. The molecule has 0 unspecified atom stereocenters. The molecular weight excluding hydrogens is 481 g/mol. The van der Waals surface area contributed by atoms with Crippen molar-refractivity contribution in [2.45, 2.75) is 12.7 Å². The van der Waals surface area contributed by atoms with Gasteiger partial charge >= 0.3 is 12.1 Å². The minimum atomic E-state index is -4.55. The zero-order valence-electron chi connectivity index (χ0n) is 16.6. The number of fused-ring (bicyclic) bond motifs is 1. The number of aliphatic carboxylic acids is 1. The Morgan fingerprint density at radius 1 is 1.24 bits per heavy atom. The van der Waals surface area contributed by atoms with Crippen LogP contribution in [0.3, 0.4) is 0 Å². The number of nitrogens with zero attached hydrogens (tertiary/aromatic N) is 3. The Hall–Kier alpha value is -3.31. The average Bonchev–Trinajstić information content (AvgIpc) is 3.30. The third-order valence-corrected chi connectivity index (χ3v) is 5.85. The zero-order valence-corrected chi connectivity index (χ0v) is 18.1. The van der Waals surface area contributed by atoms with Crippen LogP contribution in [-0.2, 0) is 22.3 Å². The number of halogens is 4. The van der Waals surface area contributed by atoms with Crippen LogP contribution in [0.4, 0.5) is 13.2 Å². The Morgan fingerprint density at radius 3 is 2.76 bits per heavy atom. The summed E-state index contributed by atoms with van der Waals surface area (Å²) in [6.07, 6.45) is -1.42. The molecule has 2 N–H and O–H groups in total. The number of aliphatic imine (C=N–C) groups is 1. The first-order chi connectivity index (χ1) is 15.6. The highest BCUT2D eigenvalue weighted by Gasteiger charge is 2.33. The van der Waals surface area contributed by atoms with Crippen LogP contribution in [0.15, 0.2) is 52.5 Å². The Balaban J connectivity index is 1.56. The molecule has 0 radical (unpaired) electrons. The van der Waals surface area contributed by atoms with Crippen molar-refractivity contribution in [3.63, 3.8) is 0 Å². The van der Waals surface area contributed by atoms with Crippen LogP contribution < -0.4 is 5.32 Å². The maximum absolute atomic E-state index is 13.4. The molecule has 7 nitrogen and oxygen atoms in total. The number of thioether (sulfide) groups is 1. The van der Waals surface area contributed by atoms with E-state index in [9.17, 15) is 22.8 Å². The van der Waals surface area contributed by atoms with E-state index in [1.165, 1.54) is 23.0 Å². The van der Waals surface area contributed by atoms with Gasteiger partial charge in [-0.25, -0.2) is 0 Å². The highest BCUT2D eigenvalue weighted by Crippen LogP contribution is 2.34. The second kappa shape index (κ2) is 8.91. The first-order valence-corrected chi connectivity index (χ1v) is 10.6. The fourth-order valence-corrected chi connectivity index (χ4v) is 4.20. The van der Waals surface area contributed by atoms with Gasteiger partial charge in [-0.1, -0.05) is 23.7 Å². The van der Waals surface area contributed by atoms with Gasteiger partial charge in [-0.15, -0.1) is 0 Å². The average molecular weight is 495 g/mol.